The van der Waals surface area contributed by atoms with E-state index in [0.29, 0.717) is 0 Å². The third-order valence-corrected chi connectivity index (χ3v) is 3.21. The number of rotatable bonds is 3. The summed E-state index contributed by atoms with van der Waals surface area (Å²) in [5.41, 5.74) is -0.657. The molecule has 11 heteroatoms. The SMILES string of the molecule is Cc1nc(CC#N)c([N+](=O)[O-])c(N2CCO[C@@H](C(F)(F)F)C2)n1. The molecule has 0 aromatic carbocycles. The second kappa shape index (κ2) is 6.33. The number of anilines is 1. The molecule has 0 amide bonds. The van der Waals surface area contributed by atoms with Gasteiger partial charge in [0.25, 0.3) is 0 Å². The quantitative estimate of drug-likeness (QED) is 0.611. The number of ether oxygens (including phenoxy) is 1. The van der Waals surface area contributed by atoms with E-state index in [1.165, 1.54) is 6.92 Å². The maximum atomic E-state index is 12.8. The molecule has 0 unspecified atom stereocenters. The molecule has 2 heterocycles. The van der Waals surface area contributed by atoms with Crippen molar-refractivity contribution < 1.29 is 22.8 Å². The number of nitrogens with zero attached hydrogens (tertiary/aromatic N) is 5. The van der Waals surface area contributed by atoms with Crippen molar-refractivity contribution >= 4 is 11.5 Å². The number of nitro groups is 1. The Hall–Kier alpha value is -2.48. The van der Waals surface area contributed by atoms with Crippen molar-refractivity contribution in [3.63, 3.8) is 0 Å². The highest BCUT2D eigenvalue weighted by atomic mass is 19.4. The summed E-state index contributed by atoms with van der Waals surface area (Å²) in [4.78, 5) is 19.4. The van der Waals surface area contributed by atoms with Crippen molar-refractivity contribution in [2.75, 3.05) is 24.6 Å². The predicted octanol–water partition coefficient (Wildman–Crippen LogP) is 1.53. The standard InChI is InChI=1S/C12H12F3N5O3/c1-7-17-8(2-3-16)10(20(21)22)11(18-7)19-4-5-23-9(6-19)12(13,14)15/h9H,2,4-6H2,1H3/t9-/m1/s1. The van der Waals surface area contributed by atoms with Crippen molar-refractivity contribution in [2.45, 2.75) is 25.6 Å². The number of morpholine rings is 1. The highest BCUT2D eigenvalue weighted by molar-refractivity contribution is 5.61. The summed E-state index contributed by atoms with van der Waals surface area (Å²) in [5.74, 6) is -0.0730. The van der Waals surface area contributed by atoms with Gasteiger partial charge in [-0.2, -0.15) is 18.4 Å². The molecule has 0 spiro atoms. The van der Waals surface area contributed by atoms with E-state index in [9.17, 15) is 23.3 Å². The van der Waals surface area contributed by atoms with Gasteiger partial charge in [0.15, 0.2) is 6.10 Å². The Morgan fingerprint density at radius 2 is 2.22 bits per heavy atom. The number of nitriles is 1. The largest absolute Gasteiger partial charge is 0.416 e. The van der Waals surface area contributed by atoms with Crippen molar-refractivity contribution in [1.29, 1.82) is 5.26 Å². The monoisotopic (exact) mass is 331 g/mol. The second-order valence-electron chi connectivity index (χ2n) is 4.83. The molecule has 1 aliphatic rings. The zero-order valence-corrected chi connectivity index (χ0v) is 12.0. The van der Waals surface area contributed by atoms with Gasteiger partial charge in [-0.15, -0.1) is 0 Å². The van der Waals surface area contributed by atoms with E-state index in [2.05, 4.69) is 14.7 Å². The molecule has 0 aliphatic carbocycles. The second-order valence-corrected chi connectivity index (χ2v) is 4.83. The van der Waals surface area contributed by atoms with E-state index in [-0.39, 0.29) is 36.9 Å². The molecule has 2 rings (SSSR count). The molecular weight excluding hydrogens is 319 g/mol. The summed E-state index contributed by atoms with van der Waals surface area (Å²) >= 11 is 0. The summed E-state index contributed by atoms with van der Waals surface area (Å²) in [6, 6.07) is 1.75. The Balaban J connectivity index is 2.45. The first-order chi connectivity index (χ1) is 10.7. The average Bonchev–Trinajstić information content (AvgIpc) is 2.46. The highest BCUT2D eigenvalue weighted by Crippen LogP contribution is 2.33. The molecule has 0 radical (unpaired) electrons. The smallest absolute Gasteiger partial charge is 0.365 e. The number of hydrogen-bond acceptors (Lipinski definition) is 7. The van der Waals surface area contributed by atoms with Crippen LogP contribution in [0.5, 0.6) is 0 Å². The van der Waals surface area contributed by atoms with Gasteiger partial charge < -0.3 is 9.64 Å². The third kappa shape index (κ3) is 3.65. The fourth-order valence-electron chi connectivity index (χ4n) is 2.25. The van der Waals surface area contributed by atoms with Crippen LogP contribution in [-0.2, 0) is 11.2 Å². The first-order valence-electron chi connectivity index (χ1n) is 6.56. The van der Waals surface area contributed by atoms with Gasteiger partial charge in [0.2, 0.25) is 5.82 Å². The van der Waals surface area contributed by atoms with Crippen molar-refractivity contribution in [2.24, 2.45) is 0 Å². The molecule has 0 N–H and O–H groups in total. The maximum absolute atomic E-state index is 12.8. The van der Waals surface area contributed by atoms with Crippen molar-refractivity contribution in [1.82, 2.24) is 9.97 Å². The molecule has 8 nitrogen and oxygen atoms in total. The number of hydrogen-bond donors (Lipinski definition) is 0. The van der Waals surface area contributed by atoms with Gasteiger partial charge in [-0.3, -0.25) is 10.1 Å². The summed E-state index contributed by atoms with van der Waals surface area (Å²) < 4.78 is 43.1. The Morgan fingerprint density at radius 1 is 1.52 bits per heavy atom. The van der Waals surface area contributed by atoms with Gasteiger partial charge in [0.1, 0.15) is 11.5 Å². The highest BCUT2D eigenvalue weighted by Gasteiger charge is 2.44. The van der Waals surface area contributed by atoms with Crippen LogP contribution in [0, 0.1) is 28.4 Å². The molecule has 1 atom stereocenters. The minimum absolute atomic E-state index is 0.0237. The van der Waals surface area contributed by atoms with Crippen LogP contribution >= 0.6 is 0 Å². The molecule has 1 aromatic rings. The van der Waals surface area contributed by atoms with Crippen molar-refractivity contribution in [3.05, 3.63) is 21.6 Å². The molecular formula is C12H12F3N5O3. The normalized spacial score (nSPS) is 18.6. The van der Waals surface area contributed by atoms with Crippen LogP contribution in [0.3, 0.4) is 0 Å². The van der Waals surface area contributed by atoms with E-state index >= 15 is 0 Å². The molecule has 0 bridgehead atoms. The van der Waals surface area contributed by atoms with Crippen LogP contribution in [0.1, 0.15) is 11.5 Å². The molecule has 1 saturated heterocycles. The zero-order valence-electron chi connectivity index (χ0n) is 12.0. The van der Waals surface area contributed by atoms with Gasteiger partial charge in [-0.1, -0.05) is 0 Å². The molecule has 124 valence electrons. The van der Waals surface area contributed by atoms with Gasteiger partial charge in [0, 0.05) is 6.54 Å². The molecule has 1 fully saturated rings. The van der Waals surface area contributed by atoms with Gasteiger partial charge in [0.05, 0.1) is 30.6 Å². The lowest BCUT2D eigenvalue weighted by Crippen LogP contribution is -2.49. The lowest BCUT2D eigenvalue weighted by atomic mass is 10.2. The van der Waals surface area contributed by atoms with E-state index in [4.69, 9.17) is 5.26 Å². The Kier molecular flexibility index (Phi) is 4.65. The Labute approximate surface area is 128 Å². The van der Waals surface area contributed by atoms with Crippen LogP contribution in [0.4, 0.5) is 24.7 Å². The zero-order chi connectivity index (χ0) is 17.2. The Morgan fingerprint density at radius 3 is 2.78 bits per heavy atom. The fourth-order valence-corrected chi connectivity index (χ4v) is 2.25. The average molecular weight is 331 g/mol. The van der Waals surface area contributed by atoms with Crippen LogP contribution in [0.25, 0.3) is 0 Å². The number of aryl methyl sites for hydroxylation is 1. The minimum Gasteiger partial charge on any atom is -0.365 e. The van der Waals surface area contributed by atoms with Crippen molar-refractivity contribution in [3.8, 4) is 6.07 Å². The Bertz CT molecular complexity index is 659. The number of alkyl halides is 3. The fraction of sp³-hybridized carbons (Fsp3) is 0.583. The van der Waals surface area contributed by atoms with E-state index in [1.807, 2.05) is 0 Å². The van der Waals surface area contributed by atoms with Crippen LogP contribution in [-0.4, -0.2) is 46.9 Å². The number of aromatic nitrogens is 2. The van der Waals surface area contributed by atoms with Gasteiger partial charge in [-0.05, 0) is 6.92 Å². The van der Waals surface area contributed by atoms with Gasteiger partial charge in [-0.25, -0.2) is 9.97 Å². The van der Waals surface area contributed by atoms with E-state index in [0.717, 1.165) is 4.90 Å². The van der Waals surface area contributed by atoms with Crippen LogP contribution in [0.2, 0.25) is 0 Å². The predicted molar refractivity (Wildman–Crippen MR) is 70.7 cm³/mol. The summed E-state index contributed by atoms with van der Waals surface area (Å²) in [6.45, 7) is 0.635. The summed E-state index contributed by atoms with van der Waals surface area (Å²) in [5, 5.41) is 20.0. The lowest BCUT2D eigenvalue weighted by molar-refractivity contribution is -0.385. The minimum atomic E-state index is -4.58. The first-order valence-corrected chi connectivity index (χ1v) is 6.56. The lowest BCUT2D eigenvalue weighted by Gasteiger charge is -2.34. The summed E-state index contributed by atoms with van der Waals surface area (Å²) in [6.07, 6.45) is -6.96. The molecule has 0 saturated carbocycles. The molecule has 23 heavy (non-hydrogen) atoms. The van der Waals surface area contributed by atoms with Crippen LogP contribution < -0.4 is 4.90 Å². The molecule has 1 aromatic heterocycles. The topological polar surface area (TPSA) is 105 Å². The first kappa shape index (κ1) is 16.9. The van der Waals surface area contributed by atoms with Crippen LogP contribution in [0.15, 0.2) is 0 Å². The maximum Gasteiger partial charge on any atom is 0.416 e. The van der Waals surface area contributed by atoms with Gasteiger partial charge >= 0.3 is 11.9 Å². The molecule has 1 aliphatic heterocycles. The van der Waals surface area contributed by atoms with E-state index in [1.54, 1.807) is 6.07 Å². The number of halogens is 3. The summed E-state index contributed by atoms with van der Waals surface area (Å²) in [7, 11) is 0. The van der Waals surface area contributed by atoms with E-state index < -0.39 is 29.4 Å². The third-order valence-electron chi connectivity index (χ3n) is 3.21.